The number of hydrogen-bond acceptors (Lipinski definition) is 2. The Morgan fingerprint density at radius 3 is 2.42 bits per heavy atom. The molecule has 1 atom stereocenters. The Bertz CT molecular complexity index is 522. The van der Waals surface area contributed by atoms with E-state index in [4.69, 9.17) is 0 Å². The zero-order valence-electron chi connectivity index (χ0n) is 11.6. The average molecular weight is 255 g/mol. The molecule has 1 aromatic carbocycles. The molecule has 1 unspecified atom stereocenters. The van der Waals surface area contributed by atoms with Crippen LogP contribution >= 0.6 is 0 Å². The van der Waals surface area contributed by atoms with Gasteiger partial charge in [-0.1, -0.05) is 18.2 Å². The summed E-state index contributed by atoms with van der Waals surface area (Å²) in [7, 11) is 0. The average Bonchev–Trinajstić information content (AvgIpc) is 2.42. The first-order valence-electron chi connectivity index (χ1n) is 6.78. The Kier molecular flexibility index (Phi) is 4.69. The van der Waals surface area contributed by atoms with Crippen molar-refractivity contribution in [3.05, 3.63) is 65.0 Å². The number of aliphatic hydroxyl groups is 1. The lowest BCUT2D eigenvalue weighted by atomic mass is 9.99. The SMILES string of the molecule is Cc1ccc(CC(O)CCc2ccncc2)cc1C. The van der Waals surface area contributed by atoms with Crippen molar-refractivity contribution in [3.8, 4) is 0 Å². The van der Waals surface area contributed by atoms with Gasteiger partial charge in [0.15, 0.2) is 0 Å². The molecule has 0 radical (unpaired) electrons. The highest BCUT2D eigenvalue weighted by molar-refractivity contribution is 5.30. The van der Waals surface area contributed by atoms with E-state index in [9.17, 15) is 5.11 Å². The van der Waals surface area contributed by atoms with E-state index in [1.54, 1.807) is 12.4 Å². The molecule has 1 heterocycles. The molecule has 2 nitrogen and oxygen atoms in total. The molecule has 0 fully saturated rings. The molecular weight excluding hydrogens is 234 g/mol. The Morgan fingerprint density at radius 1 is 1.00 bits per heavy atom. The summed E-state index contributed by atoms with van der Waals surface area (Å²) >= 11 is 0. The number of aryl methyl sites for hydroxylation is 3. The van der Waals surface area contributed by atoms with Crippen LogP contribution in [0.1, 0.15) is 28.7 Å². The topological polar surface area (TPSA) is 33.1 Å². The van der Waals surface area contributed by atoms with Crippen molar-refractivity contribution in [3.63, 3.8) is 0 Å². The van der Waals surface area contributed by atoms with Crippen LogP contribution in [0.15, 0.2) is 42.7 Å². The number of nitrogens with zero attached hydrogens (tertiary/aromatic N) is 1. The molecule has 0 amide bonds. The van der Waals surface area contributed by atoms with Crippen LogP contribution in [0.25, 0.3) is 0 Å². The minimum atomic E-state index is -0.282. The number of pyridine rings is 1. The van der Waals surface area contributed by atoms with Gasteiger partial charge in [-0.3, -0.25) is 4.98 Å². The predicted molar refractivity (Wildman–Crippen MR) is 78.2 cm³/mol. The van der Waals surface area contributed by atoms with Crippen LogP contribution in [0.2, 0.25) is 0 Å². The summed E-state index contributed by atoms with van der Waals surface area (Å²) in [4.78, 5) is 4.00. The minimum Gasteiger partial charge on any atom is -0.393 e. The second-order valence-corrected chi connectivity index (χ2v) is 5.17. The standard InChI is InChI=1S/C17H21NO/c1-13-3-4-16(11-14(13)2)12-17(19)6-5-15-7-9-18-10-8-15/h3-4,7-11,17,19H,5-6,12H2,1-2H3. The van der Waals surface area contributed by atoms with Crippen LogP contribution in [0.4, 0.5) is 0 Å². The van der Waals surface area contributed by atoms with Crippen LogP contribution in [0.5, 0.6) is 0 Å². The van der Waals surface area contributed by atoms with E-state index in [-0.39, 0.29) is 6.10 Å². The molecular formula is C17H21NO. The van der Waals surface area contributed by atoms with Crippen LogP contribution in [0, 0.1) is 13.8 Å². The maximum atomic E-state index is 10.1. The quantitative estimate of drug-likeness (QED) is 0.889. The summed E-state index contributed by atoms with van der Waals surface area (Å²) in [5, 5.41) is 10.1. The van der Waals surface area contributed by atoms with Crippen LogP contribution in [-0.2, 0) is 12.8 Å². The number of aromatic nitrogens is 1. The van der Waals surface area contributed by atoms with Gasteiger partial charge in [-0.05, 0) is 67.5 Å². The predicted octanol–water partition coefficient (Wildman–Crippen LogP) is 3.23. The molecule has 2 heteroatoms. The van der Waals surface area contributed by atoms with E-state index >= 15 is 0 Å². The van der Waals surface area contributed by atoms with Gasteiger partial charge in [-0.25, -0.2) is 0 Å². The third kappa shape index (κ3) is 4.18. The van der Waals surface area contributed by atoms with Gasteiger partial charge >= 0.3 is 0 Å². The van der Waals surface area contributed by atoms with Crippen molar-refractivity contribution in [1.29, 1.82) is 0 Å². The molecule has 0 aliphatic carbocycles. The minimum absolute atomic E-state index is 0.282. The molecule has 1 aromatic heterocycles. The number of hydrogen-bond donors (Lipinski definition) is 1. The van der Waals surface area contributed by atoms with Gasteiger partial charge in [-0.15, -0.1) is 0 Å². The monoisotopic (exact) mass is 255 g/mol. The van der Waals surface area contributed by atoms with Gasteiger partial charge in [-0.2, -0.15) is 0 Å². The molecule has 0 spiro atoms. The third-order valence-electron chi connectivity index (χ3n) is 3.56. The summed E-state index contributed by atoms with van der Waals surface area (Å²) in [5.74, 6) is 0. The summed E-state index contributed by atoms with van der Waals surface area (Å²) in [6.07, 6.45) is 5.73. The first-order chi connectivity index (χ1) is 9.15. The zero-order chi connectivity index (χ0) is 13.7. The Labute approximate surface area is 115 Å². The number of rotatable bonds is 5. The van der Waals surface area contributed by atoms with Crippen molar-refractivity contribution in [2.75, 3.05) is 0 Å². The van der Waals surface area contributed by atoms with Gasteiger partial charge in [0.2, 0.25) is 0 Å². The molecule has 1 N–H and O–H groups in total. The normalized spacial score (nSPS) is 12.4. The number of benzene rings is 1. The van der Waals surface area contributed by atoms with Crippen LogP contribution in [0.3, 0.4) is 0 Å². The Balaban J connectivity index is 1.87. The van der Waals surface area contributed by atoms with Gasteiger partial charge in [0.25, 0.3) is 0 Å². The largest absolute Gasteiger partial charge is 0.393 e. The van der Waals surface area contributed by atoms with E-state index in [1.807, 2.05) is 12.1 Å². The van der Waals surface area contributed by atoms with E-state index in [1.165, 1.54) is 22.3 Å². The Morgan fingerprint density at radius 2 is 1.74 bits per heavy atom. The molecule has 19 heavy (non-hydrogen) atoms. The first kappa shape index (κ1) is 13.8. The van der Waals surface area contributed by atoms with Crippen molar-refractivity contribution < 1.29 is 5.11 Å². The molecule has 2 rings (SSSR count). The molecule has 100 valence electrons. The smallest absolute Gasteiger partial charge is 0.0583 e. The summed E-state index contributed by atoms with van der Waals surface area (Å²) in [6, 6.07) is 10.4. The van der Waals surface area contributed by atoms with Crippen LogP contribution < -0.4 is 0 Å². The molecule has 0 saturated carbocycles. The molecule has 2 aromatic rings. The second-order valence-electron chi connectivity index (χ2n) is 5.17. The first-order valence-corrected chi connectivity index (χ1v) is 6.78. The summed E-state index contributed by atoms with van der Waals surface area (Å²) in [5.41, 5.74) is 5.04. The van der Waals surface area contributed by atoms with E-state index in [0.717, 1.165) is 19.3 Å². The molecule has 0 saturated heterocycles. The van der Waals surface area contributed by atoms with Crippen molar-refractivity contribution in [2.24, 2.45) is 0 Å². The maximum absolute atomic E-state index is 10.1. The fourth-order valence-electron chi connectivity index (χ4n) is 2.19. The molecule has 0 aliphatic heterocycles. The maximum Gasteiger partial charge on any atom is 0.0583 e. The molecule has 0 bridgehead atoms. The fourth-order valence-corrected chi connectivity index (χ4v) is 2.19. The van der Waals surface area contributed by atoms with E-state index in [2.05, 4.69) is 37.0 Å². The fraction of sp³-hybridized carbons (Fsp3) is 0.353. The summed E-state index contributed by atoms with van der Waals surface area (Å²) < 4.78 is 0. The van der Waals surface area contributed by atoms with Gasteiger partial charge in [0.05, 0.1) is 6.10 Å². The zero-order valence-corrected chi connectivity index (χ0v) is 11.6. The lowest BCUT2D eigenvalue weighted by Crippen LogP contribution is -2.11. The summed E-state index contributed by atoms with van der Waals surface area (Å²) in [6.45, 7) is 4.22. The lowest BCUT2D eigenvalue weighted by molar-refractivity contribution is 0.165. The highest BCUT2D eigenvalue weighted by Gasteiger charge is 2.07. The Hall–Kier alpha value is -1.67. The highest BCUT2D eigenvalue weighted by atomic mass is 16.3. The lowest BCUT2D eigenvalue weighted by Gasteiger charge is -2.12. The van der Waals surface area contributed by atoms with Crippen molar-refractivity contribution in [2.45, 2.75) is 39.2 Å². The second kappa shape index (κ2) is 6.48. The van der Waals surface area contributed by atoms with Gasteiger partial charge in [0.1, 0.15) is 0 Å². The third-order valence-corrected chi connectivity index (χ3v) is 3.56. The highest BCUT2D eigenvalue weighted by Crippen LogP contribution is 2.13. The van der Waals surface area contributed by atoms with Crippen molar-refractivity contribution >= 4 is 0 Å². The molecule has 0 aliphatic rings. The van der Waals surface area contributed by atoms with Crippen molar-refractivity contribution in [1.82, 2.24) is 4.98 Å². The van der Waals surface area contributed by atoms with Gasteiger partial charge < -0.3 is 5.11 Å². The van der Waals surface area contributed by atoms with Crippen LogP contribution in [-0.4, -0.2) is 16.2 Å². The van der Waals surface area contributed by atoms with Gasteiger partial charge in [0, 0.05) is 12.4 Å². The number of aliphatic hydroxyl groups excluding tert-OH is 1. The van der Waals surface area contributed by atoms with E-state index < -0.39 is 0 Å². The van der Waals surface area contributed by atoms with E-state index in [0.29, 0.717) is 0 Å².